The van der Waals surface area contributed by atoms with E-state index in [9.17, 15) is 0 Å². The molecule has 0 bridgehead atoms. The molecule has 0 heterocycles. The van der Waals surface area contributed by atoms with Gasteiger partial charge in [0.15, 0.2) is 0 Å². The molecule has 0 aromatic carbocycles. The Kier molecular flexibility index (Phi) is 4.74. The lowest BCUT2D eigenvalue weighted by atomic mass is 10.0. The van der Waals surface area contributed by atoms with Gasteiger partial charge in [0, 0.05) is 12.6 Å². The lowest BCUT2D eigenvalue weighted by molar-refractivity contribution is 0.288. The largest absolute Gasteiger partial charge is 0.327 e. The lowest BCUT2D eigenvalue weighted by Gasteiger charge is -2.20. The summed E-state index contributed by atoms with van der Waals surface area (Å²) in [6.07, 6.45) is 7.23. The van der Waals surface area contributed by atoms with Gasteiger partial charge in [0.1, 0.15) is 0 Å². The van der Waals surface area contributed by atoms with Crippen molar-refractivity contribution in [2.45, 2.75) is 45.1 Å². The molecule has 1 fully saturated rings. The number of rotatable bonds is 5. The molecule has 0 aromatic rings. The minimum atomic E-state index is 0.313. The van der Waals surface area contributed by atoms with Crippen LogP contribution >= 0.6 is 0 Å². The molecule has 1 saturated carbocycles. The van der Waals surface area contributed by atoms with Gasteiger partial charge in [0.25, 0.3) is 0 Å². The van der Waals surface area contributed by atoms with Gasteiger partial charge in [0.05, 0.1) is 0 Å². The zero-order chi connectivity index (χ0) is 9.68. The number of likely N-dealkylation sites (N-methyl/N-ethyl adjacent to an activating group) is 1. The van der Waals surface area contributed by atoms with Crippen LogP contribution in [0.4, 0.5) is 0 Å². The topological polar surface area (TPSA) is 29.3 Å². The van der Waals surface area contributed by atoms with Crippen molar-refractivity contribution in [1.82, 2.24) is 4.90 Å². The Hall–Kier alpha value is -0.0800. The maximum atomic E-state index is 5.74. The quantitative estimate of drug-likeness (QED) is 0.706. The molecule has 2 N–H and O–H groups in total. The average molecular weight is 184 g/mol. The van der Waals surface area contributed by atoms with E-state index >= 15 is 0 Å². The third-order valence-corrected chi connectivity index (χ3v) is 2.99. The van der Waals surface area contributed by atoms with Gasteiger partial charge in [-0.3, -0.25) is 0 Å². The highest BCUT2D eigenvalue weighted by molar-refractivity contribution is 4.69. The fraction of sp³-hybridized carbons (Fsp3) is 1.00. The van der Waals surface area contributed by atoms with Gasteiger partial charge in [-0.05, 0) is 32.9 Å². The van der Waals surface area contributed by atoms with Gasteiger partial charge in [-0.1, -0.05) is 25.7 Å². The van der Waals surface area contributed by atoms with Crippen molar-refractivity contribution in [3.8, 4) is 0 Å². The summed E-state index contributed by atoms with van der Waals surface area (Å²) in [6.45, 7) is 4.34. The van der Waals surface area contributed by atoms with Crippen molar-refractivity contribution in [3.05, 3.63) is 0 Å². The molecular weight excluding hydrogens is 160 g/mol. The molecule has 1 rings (SSSR count). The van der Waals surface area contributed by atoms with Crippen LogP contribution in [-0.2, 0) is 0 Å². The molecule has 13 heavy (non-hydrogen) atoms. The van der Waals surface area contributed by atoms with Gasteiger partial charge in [-0.2, -0.15) is 0 Å². The van der Waals surface area contributed by atoms with E-state index in [-0.39, 0.29) is 0 Å². The first-order valence-electron chi connectivity index (χ1n) is 5.62. The Morgan fingerprint density at radius 3 is 2.54 bits per heavy atom. The van der Waals surface area contributed by atoms with E-state index < -0.39 is 0 Å². The first kappa shape index (κ1) is 11.0. The van der Waals surface area contributed by atoms with Gasteiger partial charge < -0.3 is 10.6 Å². The van der Waals surface area contributed by atoms with E-state index in [2.05, 4.69) is 18.9 Å². The number of hydrogen-bond donors (Lipinski definition) is 1. The number of nitrogens with zero attached hydrogens (tertiary/aromatic N) is 1. The third-order valence-electron chi connectivity index (χ3n) is 2.99. The zero-order valence-electron chi connectivity index (χ0n) is 9.13. The molecule has 1 aliphatic carbocycles. The molecule has 1 unspecified atom stereocenters. The average Bonchev–Trinajstić information content (AvgIpc) is 2.51. The normalized spacial score (nSPS) is 21.2. The monoisotopic (exact) mass is 184 g/mol. The first-order valence-corrected chi connectivity index (χ1v) is 5.62. The molecule has 2 heteroatoms. The fourth-order valence-electron chi connectivity index (χ4n) is 2.28. The minimum Gasteiger partial charge on any atom is -0.327 e. The van der Waals surface area contributed by atoms with E-state index in [4.69, 9.17) is 5.73 Å². The van der Waals surface area contributed by atoms with Crippen LogP contribution in [0.15, 0.2) is 0 Å². The minimum absolute atomic E-state index is 0.313. The second-order valence-corrected chi connectivity index (χ2v) is 4.68. The third kappa shape index (κ3) is 4.63. The predicted octanol–water partition coefficient (Wildman–Crippen LogP) is 1.85. The summed E-state index contributed by atoms with van der Waals surface area (Å²) < 4.78 is 0. The Balaban J connectivity index is 2.03. The highest BCUT2D eigenvalue weighted by Gasteiger charge is 2.15. The second-order valence-electron chi connectivity index (χ2n) is 4.68. The summed E-state index contributed by atoms with van der Waals surface area (Å²) in [5.74, 6) is 1.01. The van der Waals surface area contributed by atoms with Crippen LogP contribution in [0, 0.1) is 5.92 Å². The Morgan fingerprint density at radius 1 is 1.38 bits per heavy atom. The SMILES string of the molecule is CC(N)CN(C)CCC1CCCC1. The van der Waals surface area contributed by atoms with Crippen LogP contribution in [0.25, 0.3) is 0 Å². The number of nitrogens with two attached hydrogens (primary N) is 1. The van der Waals surface area contributed by atoms with Crippen molar-refractivity contribution in [2.75, 3.05) is 20.1 Å². The molecule has 0 radical (unpaired) electrons. The van der Waals surface area contributed by atoms with Crippen molar-refractivity contribution < 1.29 is 0 Å². The van der Waals surface area contributed by atoms with E-state index in [1.165, 1.54) is 38.6 Å². The van der Waals surface area contributed by atoms with E-state index in [0.29, 0.717) is 6.04 Å². The van der Waals surface area contributed by atoms with E-state index in [1.54, 1.807) is 0 Å². The molecule has 1 aliphatic rings. The van der Waals surface area contributed by atoms with Crippen LogP contribution in [-0.4, -0.2) is 31.1 Å². The van der Waals surface area contributed by atoms with Gasteiger partial charge in [0.2, 0.25) is 0 Å². The number of hydrogen-bond acceptors (Lipinski definition) is 2. The summed E-state index contributed by atoms with van der Waals surface area (Å²) in [4.78, 5) is 2.36. The van der Waals surface area contributed by atoms with E-state index in [0.717, 1.165) is 12.5 Å². The summed E-state index contributed by atoms with van der Waals surface area (Å²) in [6, 6.07) is 0.313. The van der Waals surface area contributed by atoms with Crippen LogP contribution < -0.4 is 5.73 Å². The van der Waals surface area contributed by atoms with Crippen LogP contribution in [0.2, 0.25) is 0 Å². The van der Waals surface area contributed by atoms with Crippen molar-refractivity contribution in [2.24, 2.45) is 11.7 Å². The molecular formula is C11H24N2. The molecule has 0 aromatic heterocycles. The van der Waals surface area contributed by atoms with Gasteiger partial charge in [-0.15, -0.1) is 0 Å². The molecule has 0 aliphatic heterocycles. The van der Waals surface area contributed by atoms with Gasteiger partial charge in [-0.25, -0.2) is 0 Å². The Bertz CT molecular complexity index is 128. The lowest BCUT2D eigenvalue weighted by Crippen LogP contribution is -2.33. The van der Waals surface area contributed by atoms with Crippen molar-refractivity contribution >= 4 is 0 Å². The molecule has 1 atom stereocenters. The van der Waals surface area contributed by atoms with Crippen LogP contribution in [0.5, 0.6) is 0 Å². The molecule has 0 saturated heterocycles. The Morgan fingerprint density at radius 2 is 2.00 bits per heavy atom. The first-order chi connectivity index (χ1) is 6.18. The van der Waals surface area contributed by atoms with Gasteiger partial charge >= 0.3 is 0 Å². The zero-order valence-corrected chi connectivity index (χ0v) is 9.13. The highest BCUT2D eigenvalue weighted by atomic mass is 15.1. The summed E-state index contributed by atoms with van der Waals surface area (Å²) in [5, 5.41) is 0. The summed E-state index contributed by atoms with van der Waals surface area (Å²) in [7, 11) is 2.18. The maximum absolute atomic E-state index is 5.74. The fourth-order valence-corrected chi connectivity index (χ4v) is 2.28. The summed E-state index contributed by atoms with van der Waals surface area (Å²) in [5.41, 5.74) is 5.74. The standard InChI is InChI=1S/C11H24N2/c1-10(12)9-13(2)8-7-11-5-3-4-6-11/h10-11H,3-9,12H2,1-2H3. The summed E-state index contributed by atoms with van der Waals surface area (Å²) >= 11 is 0. The molecule has 78 valence electrons. The maximum Gasteiger partial charge on any atom is 0.0139 e. The smallest absolute Gasteiger partial charge is 0.0139 e. The predicted molar refractivity (Wildman–Crippen MR) is 57.7 cm³/mol. The molecule has 0 spiro atoms. The highest BCUT2D eigenvalue weighted by Crippen LogP contribution is 2.27. The molecule has 2 nitrogen and oxygen atoms in total. The van der Waals surface area contributed by atoms with Crippen molar-refractivity contribution in [3.63, 3.8) is 0 Å². The van der Waals surface area contributed by atoms with Crippen LogP contribution in [0.3, 0.4) is 0 Å². The van der Waals surface area contributed by atoms with Crippen LogP contribution in [0.1, 0.15) is 39.0 Å². The molecule has 0 amide bonds. The van der Waals surface area contributed by atoms with E-state index in [1.807, 2.05) is 0 Å². The Labute approximate surface area is 82.5 Å². The van der Waals surface area contributed by atoms with Crippen molar-refractivity contribution in [1.29, 1.82) is 0 Å². The second kappa shape index (κ2) is 5.61.